The van der Waals surface area contributed by atoms with E-state index < -0.39 is 0 Å². The van der Waals surface area contributed by atoms with E-state index in [4.69, 9.17) is 16.3 Å². The van der Waals surface area contributed by atoms with Crippen LogP contribution in [-0.4, -0.2) is 11.8 Å². The number of benzene rings is 1. The van der Waals surface area contributed by atoms with Crippen molar-refractivity contribution < 1.29 is 9.53 Å². The van der Waals surface area contributed by atoms with Crippen LogP contribution in [0.5, 0.6) is 5.75 Å². The summed E-state index contributed by atoms with van der Waals surface area (Å²) in [6.07, 6.45) is 2.03. The van der Waals surface area contributed by atoms with Gasteiger partial charge in [0.2, 0.25) is 5.24 Å². The van der Waals surface area contributed by atoms with Crippen LogP contribution < -0.4 is 4.74 Å². The molecule has 0 amide bonds. The summed E-state index contributed by atoms with van der Waals surface area (Å²) in [5.41, 5.74) is 1.25. The fraction of sp³-hybridized carbons (Fsp3) is 0.417. The van der Waals surface area contributed by atoms with Crippen molar-refractivity contribution in [3.8, 4) is 5.75 Å². The van der Waals surface area contributed by atoms with Gasteiger partial charge in [-0.2, -0.15) is 0 Å². The van der Waals surface area contributed by atoms with Crippen LogP contribution in [0.1, 0.15) is 25.3 Å². The van der Waals surface area contributed by atoms with Gasteiger partial charge >= 0.3 is 0 Å². The number of hydrogen-bond donors (Lipinski definition) is 0. The Balaban J connectivity index is 2.33. The Morgan fingerprint density at radius 3 is 2.93 bits per heavy atom. The maximum Gasteiger partial charge on any atom is 0.221 e. The number of hydrogen-bond acceptors (Lipinski definition) is 2. The van der Waals surface area contributed by atoms with Gasteiger partial charge in [-0.15, -0.1) is 0 Å². The molecule has 1 aromatic carbocycles. The zero-order valence-corrected chi connectivity index (χ0v) is 9.59. The minimum atomic E-state index is -0.305. The van der Waals surface area contributed by atoms with Crippen LogP contribution in [0.4, 0.5) is 0 Å². The van der Waals surface area contributed by atoms with E-state index in [9.17, 15) is 4.79 Å². The van der Waals surface area contributed by atoms with Crippen molar-refractivity contribution in [1.82, 2.24) is 0 Å². The van der Waals surface area contributed by atoms with Crippen molar-refractivity contribution in [3.05, 3.63) is 29.8 Å². The molecule has 0 spiro atoms. The van der Waals surface area contributed by atoms with Gasteiger partial charge in [0, 0.05) is 6.42 Å². The van der Waals surface area contributed by atoms with Crippen molar-refractivity contribution in [2.24, 2.45) is 0 Å². The van der Waals surface area contributed by atoms with E-state index in [0.29, 0.717) is 19.4 Å². The maximum absolute atomic E-state index is 10.5. The summed E-state index contributed by atoms with van der Waals surface area (Å²) >= 11 is 5.21. The van der Waals surface area contributed by atoms with Gasteiger partial charge in [0.1, 0.15) is 5.75 Å². The first kappa shape index (κ1) is 12.1. The molecule has 0 aliphatic carbocycles. The van der Waals surface area contributed by atoms with Crippen LogP contribution in [0.2, 0.25) is 0 Å². The fourth-order valence-corrected chi connectivity index (χ4v) is 1.39. The molecule has 1 aromatic rings. The van der Waals surface area contributed by atoms with Gasteiger partial charge in [-0.25, -0.2) is 0 Å². The summed E-state index contributed by atoms with van der Waals surface area (Å²) in [6, 6.07) is 7.97. The van der Waals surface area contributed by atoms with Crippen molar-refractivity contribution in [1.29, 1.82) is 0 Å². The van der Waals surface area contributed by atoms with Crippen LogP contribution in [-0.2, 0) is 11.2 Å². The van der Waals surface area contributed by atoms with Crippen LogP contribution in [0.3, 0.4) is 0 Å². The molecule has 0 aliphatic heterocycles. The summed E-state index contributed by atoms with van der Waals surface area (Å²) < 4.78 is 5.49. The monoisotopic (exact) mass is 226 g/mol. The molecule has 0 aliphatic rings. The van der Waals surface area contributed by atoms with Gasteiger partial charge in [0.25, 0.3) is 0 Å². The second-order valence-corrected chi connectivity index (χ2v) is 3.73. The van der Waals surface area contributed by atoms with Gasteiger partial charge in [0.05, 0.1) is 6.61 Å². The Kier molecular flexibility index (Phi) is 5.19. The molecule has 0 radical (unpaired) electrons. The highest BCUT2D eigenvalue weighted by atomic mass is 35.5. The lowest BCUT2D eigenvalue weighted by Gasteiger charge is -2.06. The Bertz CT molecular complexity index is 323. The molecular weight excluding hydrogens is 212 g/mol. The summed E-state index contributed by atoms with van der Waals surface area (Å²) in [5.74, 6) is 0.858. The standard InChI is InChI=1S/C12H15ClO2/c1-2-10-5-3-6-11(9-10)15-8-4-7-12(13)14/h3,5-6,9H,2,4,7-8H2,1H3. The van der Waals surface area contributed by atoms with Crippen LogP contribution >= 0.6 is 11.6 Å². The van der Waals surface area contributed by atoms with Gasteiger partial charge in [-0.1, -0.05) is 19.1 Å². The zero-order chi connectivity index (χ0) is 11.1. The molecule has 2 nitrogen and oxygen atoms in total. The van der Waals surface area contributed by atoms with Crippen LogP contribution in [0.15, 0.2) is 24.3 Å². The molecule has 0 fully saturated rings. The molecule has 0 unspecified atom stereocenters. The van der Waals surface area contributed by atoms with Gasteiger partial charge in [-0.3, -0.25) is 4.79 Å². The van der Waals surface area contributed by atoms with Crippen molar-refractivity contribution in [2.45, 2.75) is 26.2 Å². The zero-order valence-electron chi connectivity index (χ0n) is 8.83. The van der Waals surface area contributed by atoms with Gasteiger partial charge < -0.3 is 4.74 Å². The highest BCUT2D eigenvalue weighted by Crippen LogP contribution is 2.14. The number of ether oxygens (including phenoxy) is 1. The summed E-state index contributed by atoms with van der Waals surface area (Å²) in [7, 11) is 0. The molecule has 0 atom stereocenters. The molecular formula is C12H15ClO2. The molecule has 0 saturated heterocycles. The largest absolute Gasteiger partial charge is 0.494 e. The van der Waals surface area contributed by atoms with Crippen molar-refractivity contribution >= 4 is 16.8 Å². The van der Waals surface area contributed by atoms with E-state index in [1.54, 1.807) is 0 Å². The average Bonchev–Trinajstić information content (AvgIpc) is 2.24. The van der Waals surface area contributed by atoms with E-state index >= 15 is 0 Å². The third kappa shape index (κ3) is 4.84. The lowest BCUT2D eigenvalue weighted by Crippen LogP contribution is -1.99. The number of carbonyl (C=O) groups is 1. The predicted octanol–water partition coefficient (Wildman–Crippen LogP) is 3.17. The molecule has 0 saturated carbocycles. The van der Waals surface area contributed by atoms with E-state index in [-0.39, 0.29) is 5.24 Å². The number of carbonyl (C=O) groups excluding carboxylic acids is 1. The normalized spacial score (nSPS) is 10.0. The van der Waals surface area contributed by atoms with Gasteiger partial charge in [0.15, 0.2) is 0 Å². The average molecular weight is 227 g/mol. The lowest BCUT2D eigenvalue weighted by atomic mass is 10.2. The molecule has 0 heterocycles. The predicted molar refractivity (Wildman–Crippen MR) is 61.4 cm³/mol. The smallest absolute Gasteiger partial charge is 0.221 e. The molecule has 0 N–H and O–H groups in total. The number of aryl methyl sites for hydroxylation is 1. The summed E-state index contributed by atoms with van der Waals surface area (Å²) in [6.45, 7) is 2.64. The Hall–Kier alpha value is -1.02. The molecule has 15 heavy (non-hydrogen) atoms. The van der Waals surface area contributed by atoms with E-state index in [2.05, 4.69) is 13.0 Å². The Morgan fingerprint density at radius 1 is 1.47 bits per heavy atom. The second kappa shape index (κ2) is 6.46. The molecule has 82 valence electrons. The highest BCUT2D eigenvalue weighted by Gasteiger charge is 1.98. The van der Waals surface area contributed by atoms with Gasteiger partial charge in [-0.05, 0) is 42.1 Å². The molecule has 0 bridgehead atoms. The summed E-state index contributed by atoms with van der Waals surface area (Å²) in [5, 5.41) is -0.305. The van der Waals surface area contributed by atoms with Crippen LogP contribution in [0, 0.1) is 0 Å². The third-order valence-electron chi connectivity index (χ3n) is 2.09. The van der Waals surface area contributed by atoms with E-state index in [0.717, 1.165) is 12.2 Å². The van der Waals surface area contributed by atoms with Crippen molar-refractivity contribution in [2.75, 3.05) is 6.61 Å². The quantitative estimate of drug-likeness (QED) is 0.550. The first-order valence-electron chi connectivity index (χ1n) is 5.12. The lowest BCUT2D eigenvalue weighted by molar-refractivity contribution is -0.111. The Labute approximate surface area is 95.2 Å². The minimum absolute atomic E-state index is 0.305. The topological polar surface area (TPSA) is 26.3 Å². The third-order valence-corrected chi connectivity index (χ3v) is 2.28. The molecule has 0 aromatic heterocycles. The maximum atomic E-state index is 10.5. The summed E-state index contributed by atoms with van der Waals surface area (Å²) in [4.78, 5) is 10.5. The number of rotatable bonds is 6. The number of halogens is 1. The van der Waals surface area contributed by atoms with Crippen LogP contribution in [0.25, 0.3) is 0 Å². The minimum Gasteiger partial charge on any atom is -0.494 e. The fourth-order valence-electron chi connectivity index (χ4n) is 1.26. The van der Waals surface area contributed by atoms with Crippen molar-refractivity contribution in [3.63, 3.8) is 0 Å². The SMILES string of the molecule is CCc1cccc(OCCCC(=O)Cl)c1. The first-order chi connectivity index (χ1) is 7.22. The first-order valence-corrected chi connectivity index (χ1v) is 5.50. The van der Waals surface area contributed by atoms with E-state index in [1.807, 2.05) is 18.2 Å². The Morgan fingerprint density at radius 2 is 2.27 bits per heavy atom. The second-order valence-electron chi connectivity index (χ2n) is 3.31. The van der Waals surface area contributed by atoms with E-state index in [1.165, 1.54) is 5.56 Å². The molecule has 1 rings (SSSR count). The highest BCUT2D eigenvalue weighted by molar-refractivity contribution is 6.63. The molecule has 3 heteroatoms.